The maximum Gasteiger partial charge on any atom is 0.241 e. The van der Waals surface area contributed by atoms with Gasteiger partial charge in [0.05, 0.1) is 17.9 Å². The van der Waals surface area contributed by atoms with Crippen LogP contribution in [0.2, 0.25) is 0 Å². The van der Waals surface area contributed by atoms with Gasteiger partial charge in [0.15, 0.2) is 5.95 Å². The maximum absolute atomic E-state index is 12.0. The Bertz CT molecular complexity index is 604. The van der Waals surface area contributed by atoms with Gasteiger partial charge in [-0.1, -0.05) is 12.1 Å². The lowest BCUT2D eigenvalue weighted by Crippen LogP contribution is -2.35. The Morgan fingerprint density at radius 2 is 2.10 bits per heavy atom. The Morgan fingerprint density at radius 1 is 1.33 bits per heavy atom. The molecule has 1 aliphatic rings. The molecule has 5 N–H and O–H groups in total. The number of imidazole rings is 1. The van der Waals surface area contributed by atoms with Gasteiger partial charge < -0.3 is 21.4 Å². The summed E-state index contributed by atoms with van der Waals surface area (Å²) in [7, 11) is 0. The zero-order valence-electron chi connectivity index (χ0n) is 11.4. The lowest BCUT2D eigenvalue weighted by molar-refractivity contribution is -0.117. The van der Waals surface area contributed by atoms with E-state index in [0.717, 1.165) is 36.3 Å². The first kappa shape index (κ1) is 15.3. The van der Waals surface area contributed by atoms with E-state index in [-0.39, 0.29) is 24.4 Å². The van der Waals surface area contributed by atoms with Crippen LogP contribution in [0.3, 0.4) is 0 Å². The molecule has 1 aromatic heterocycles. The minimum Gasteiger partial charge on any atom is -0.369 e. The second kappa shape index (κ2) is 6.60. The van der Waals surface area contributed by atoms with E-state index in [1.54, 1.807) is 6.20 Å². The normalized spacial score (nSPS) is 17.2. The molecule has 7 heteroatoms. The largest absolute Gasteiger partial charge is 0.369 e. The predicted molar refractivity (Wildman–Crippen MR) is 85.3 cm³/mol. The number of carbonyl (C=O) groups excluding carboxylic acids is 1. The lowest BCUT2D eigenvalue weighted by atomic mass is 10.1. The number of nitrogens with one attached hydrogen (secondary N) is 3. The molecular weight excluding hydrogens is 290 g/mol. The Morgan fingerprint density at radius 3 is 2.67 bits per heavy atom. The average Bonchev–Trinajstić information content (AvgIpc) is 3.10. The molecule has 2 aromatic rings. The average molecular weight is 308 g/mol. The van der Waals surface area contributed by atoms with Crippen molar-refractivity contribution in [2.75, 3.05) is 17.6 Å². The fraction of sp³-hybridized carbons (Fsp3) is 0.286. The van der Waals surface area contributed by atoms with Gasteiger partial charge >= 0.3 is 0 Å². The van der Waals surface area contributed by atoms with Gasteiger partial charge in [-0.05, 0) is 37.1 Å². The van der Waals surface area contributed by atoms with Crippen molar-refractivity contribution in [3.63, 3.8) is 0 Å². The zero-order valence-corrected chi connectivity index (χ0v) is 12.2. The number of H-pyrrole nitrogens is 1. The zero-order chi connectivity index (χ0) is 13.9. The molecule has 1 aromatic carbocycles. The van der Waals surface area contributed by atoms with Crippen LogP contribution >= 0.6 is 12.4 Å². The molecule has 3 rings (SSSR count). The molecule has 2 heterocycles. The van der Waals surface area contributed by atoms with Crippen LogP contribution in [-0.2, 0) is 4.79 Å². The molecule has 0 saturated carbocycles. The number of amides is 1. The summed E-state index contributed by atoms with van der Waals surface area (Å²) in [6.07, 6.45) is 3.64. The highest BCUT2D eigenvalue weighted by Crippen LogP contribution is 2.20. The highest BCUT2D eigenvalue weighted by molar-refractivity contribution is 5.95. The standard InChI is InChI=1S/C14H17N5O.ClH/c15-14-17-8-12(19-14)9-3-5-10(6-4-9)18-13(20)11-2-1-7-16-11;/h3-6,8,11,16H,1-2,7H2,(H,18,20)(H3,15,17,19);1H/t11-;/m1./s1. The van der Waals surface area contributed by atoms with Crippen molar-refractivity contribution in [3.05, 3.63) is 30.5 Å². The lowest BCUT2D eigenvalue weighted by Gasteiger charge is -2.11. The number of aromatic amines is 1. The molecule has 6 nitrogen and oxygen atoms in total. The molecule has 1 amide bonds. The van der Waals surface area contributed by atoms with E-state index in [1.807, 2.05) is 24.3 Å². The van der Waals surface area contributed by atoms with Gasteiger partial charge in [0, 0.05) is 5.69 Å². The van der Waals surface area contributed by atoms with Crippen LogP contribution in [0.1, 0.15) is 12.8 Å². The summed E-state index contributed by atoms with van der Waals surface area (Å²) in [6.45, 7) is 0.915. The van der Waals surface area contributed by atoms with E-state index in [2.05, 4.69) is 20.6 Å². The molecule has 112 valence electrons. The molecular formula is C14H18ClN5O. The molecule has 0 bridgehead atoms. The number of carbonyl (C=O) groups is 1. The summed E-state index contributed by atoms with van der Waals surface area (Å²) in [5.74, 6) is 0.422. The van der Waals surface area contributed by atoms with Crippen LogP contribution in [-0.4, -0.2) is 28.5 Å². The first-order valence-electron chi connectivity index (χ1n) is 6.67. The third-order valence-corrected chi connectivity index (χ3v) is 3.44. The minimum atomic E-state index is -0.0675. The van der Waals surface area contributed by atoms with Crippen molar-refractivity contribution in [2.24, 2.45) is 0 Å². The van der Waals surface area contributed by atoms with Crippen molar-refractivity contribution < 1.29 is 4.79 Å². The number of nitrogens with zero attached hydrogens (tertiary/aromatic N) is 1. The molecule has 0 radical (unpaired) electrons. The topological polar surface area (TPSA) is 95.8 Å². The van der Waals surface area contributed by atoms with Gasteiger partial charge in [0.25, 0.3) is 0 Å². The van der Waals surface area contributed by atoms with Gasteiger partial charge in [0.1, 0.15) is 0 Å². The summed E-state index contributed by atoms with van der Waals surface area (Å²) >= 11 is 0. The fourth-order valence-corrected chi connectivity index (χ4v) is 2.35. The van der Waals surface area contributed by atoms with E-state index in [0.29, 0.717) is 5.95 Å². The van der Waals surface area contributed by atoms with Gasteiger partial charge in [-0.3, -0.25) is 4.79 Å². The number of aromatic nitrogens is 2. The van der Waals surface area contributed by atoms with Crippen molar-refractivity contribution >= 4 is 29.9 Å². The van der Waals surface area contributed by atoms with E-state index < -0.39 is 0 Å². The molecule has 1 atom stereocenters. The second-order valence-corrected chi connectivity index (χ2v) is 4.90. The van der Waals surface area contributed by atoms with E-state index >= 15 is 0 Å². The maximum atomic E-state index is 12.0. The van der Waals surface area contributed by atoms with Crippen LogP contribution in [0.25, 0.3) is 11.3 Å². The van der Waals surface area contributed by atoms with Crippen LogP contribution in [0.15, 0.2) is 30.5 Å². The molecule has 0 aliphatic carbocycles. The van der Waals surface area contributed by atoms with E-state index in [9.17, 15) is 4.79 Å². The summed E-state index contributed by atoms with van der Waals surface area (Å²) in [5, 5.41) is 6.09. The quantitative estimate of drug-likeness (QED) is 0.695. The van der Waals surface area contributed by atoms with E-state index in [4.69, 9.17) is 5.73 Å². The van der Waals surface area contributed by atoms with E-state index in [1.165, 1.54) is 0 Å². The van der Waals surface area contributed by atoms with Crippen LogP contribution < -0.4 is 16.4 Å². The molecule has 1 saturated heterocycles. The predicted octanol–water partition coefficient (Wildman–Crippen LogP) is 1.77. The number of benzene rings is 1. The van der Waals surface area contributed by atoms with Gasteiger partial charge in [-0.25, -0.2) is 4.98 Å². The first-order valence-corrected chi connectivity index (χ1v) is 6.67. The Balaban J connectivity index is 0.00000161. The monoisotopic (exact) mass is 307 g/mol. The number of rotatable bonds is 3. The molecule has 21 heavy (non-hydrogen) atoms. The summed E-state index contributed by atoms with van der Waals surface area (Å²) < 4.78 is 0. The van der Waals surface area contributed by atoms with Crippen molar-refractivity contribution in [3.8, 4) is 11.3 Å². The SMILES string of the molecule is Cl.Nc1ncc(-c2ccc(NC(=O)[C@H]3CCCN3)cc2)[nH]1. The molecule has 0 spiro atoms. The molecule has 1 aliphatic heterocycles. The number of hydrogen-bond donors (Lipinski definition) is 4. The molecule has 1 fully saturated rings. The van der Waals surface area contributed by atoms with Gasteiger partial charge in [-0.2, -0.15) is 0 Å². The summed E-state index contributed by atoms with van der Waals surface area (Å²) in [5.41, 5.74) is 8.18. The fourth-order valence-electron chi connectivity index (χ4n) is 2.35. The third-order valence-electron chi connectivity index (χ3n) is 3.44. The molecule has 0 unspecified atom stereocenters. The van der Waals surface area contributed by atoms with Crippen molar-refractivity contribution in [2.45, 2.75) is 18.9 Å². The highest BCUT2D eigenvalue weighted by atomic mass is 35.5. The number of nitrogen functional groups attached to an aromatic ring is 1. The number of halogens is 1. The summed E-state index contributed by atoms with van der Waals surface area (Å²) in [4.78, 5) is 18.9. The number of hydrogen-bond acceptors (Lipinski definition) is 4. The Labute approximate surface area is 128 Å². The van der Waals surface area contributed by atoms with Gasteiger partial charge in [0.2, 0.25) is 5.91 Å². The van der Waals surface area contributed by atoms with Crippen molar-refractivity contribution in [1.82, 2.24) is 15.3 Å². The smallest absolute Gasteiger partial charge is 0.241 e. The number of nitrogens with two attached hydrogens (primary N) is 1. The summed E-state index contributed by atoms with van der Waals surface area (Å²) in [6, 6.07) is 7.52. The highest BCUT2D eigenvalue weighted by Gasteiger charge is 2.21. The minimum absolute atomic E-state index is 0. The van der Waals surface area contributed by atoms with Gasteiger partial charge in [-0.15, -0.1) is 12.4 Å². The van der Waals surface area contributed by atoms with Crippen LogP contribution in [0, 0.1) is 0 Å². The second-order valence-electron chi connectivity index (χ2n) is 4.90. The first-order chi connectivity index (χ1) is 9.72. The van der Waals surface area contributed by atoms with Crippen LogP contribution in [0.4, 0.5) is 11.6 Å². The Kier molecular flexibility index (Phi) is 4.82. The Hall–Kier alpha value is -2.05. The van der Waals surface area contributed by atoms with Crippen LogP contribution in [0.5, 0.6) is 0 Å². The third kappa shape index (κ3) is 3.53. The van der Waals surface area contributed by atoms with Crippen molar-refractivity contribution in [1.29, 1.82) is 0 Å². The number of anilines is 2.